The van der Waals surface area contributed by atoms with Crippen LogP contribution < -0.4 is 9.46 Å². The van der Waals surface area contributed by atoms with E-state index in [1.807, 2.05) is 42.6 Å². The summed E-state index contributed by atoms with van der Waals surface area (Å²) in [6, 6.07) is 25.9. The van der Waals surface area contributed by atoms with Gasteiger partial charge in [0.25, 0.3) is 0 Å². The van der Waals surface area contributed by atoms with Crippen LogP contribution in [0.25, 0.3) is 27.7 Å². The van der Waals surface area contributed by atoms with Gasteiger partial charge in [-0.05, 0) is 88.9 Å². The summed E-state index contributed by atoms with van der Waals surface area (Å²) in [6.07, 6.45) is 3.67. The molecule has 8 heteroatoms. The highest BCUT2D eigenvalue weighted by atomic mass is 32.2. The van der Waals surface area contributed by atoms with E-state index in [1.54, 1.807) is 22.9 Å². The summed E-state index contributed by atoms with van der Waals surface area (Å²) >= 11 is 0. The molecule has 0 fully saturated rings. The molecule has 0 unspecified atom stereocenters. The lowest BCUT2D eigenvalue weighted by molar-refractivity contribution is 0.307. The fourth-order valence-corrected chi connectivity index (χ4v) is 5.75. The van der Waals surface area contributed by atoms with Gasteiger partial charge in [0.15, 0.2) is 0 Å². The molecule has 0 bridgehead atoms. The van der Waals surface area contributed by atoms with E-state index in [0.29, 0.717) is 18.7 Å². The molecule has 1 aromatic heterocycles. The first kappa shape index (κ1) is 24.9. The molecule has 196 valence electrons. The lowest BCUT2D eigenvalue weighted by Crippen LogP contribution is -2.09. The zero-order valence-electron chi connectivity index (χ0n) is 21.5. The second-order valence-electron chi connectivity index (χ2n) is 9.55. The minimum Gasteiger partial charge on any atom is -0.488 e. The number of rotatable bonds is 5. The molecule has 0 radical (unpaired) electrons. The maximum atomic E-state index is 13.6. The number of hydrogen-bond acceptors (Lipinski definition) is 4. The van der Waals surface area contributed by atoms with Crippen LogP contribution in [-0.2, 0) is 16.6 Å². The molecule has 6 rings (SSSR count). The van der Waals surface area contributed by atoms with Crippen molar-refractivity contribution in [3.8, 4) is 11.4 Å². The first-order chi connectivity index (χ1) is 18.8. The Hall–Kier alpha value is -4.43. The standard InChI is InChI=1S/C31H26FN3O3S/c1-3-26(20-7-6-8-24(15-20)34-39(2,36)37)31-27-9-4-5-10-30(27)38-19-22-17-29-21(16-28(22)31)18-33-35(29)25-13-11-23(32)12-14-25/h4-18,34H,3,19H2,1-2H3/b31-26+. The molecule has 5 aromatic rings. The number of nitrogens with one attached hydrogen (secondary N) is 1. The fourth-order valence-electron chi connectivity index (χ4n) is 5.19. The predicted octanol–water partition coefficient (Wildman–Crippen LogP) is 6.80. The number of sulfonamides is 1. The van der Waals surface area contributed by atoms with Gasteiger partial charge in [0.1, 0.15) is 18.2 Å². The predicted molar refractivity (Wildman–Crippen MR) is 153 cm³/mol. The van der Waals surface area contributed by atoms with Gasteiger partial charge in [-0.15, -0.1) is 0 Å². The molecule has 1 aliphatic rings. The number of fused-ring (bicyclic) bond motifs is 3. The zero-order chi connectivity index (χ0) is 27.1. The van der Waals surface area contributed by atoms with E-state index >= 15 is 0 Å². The second-order valence-corrected chi connectivity index (χ2v) is 11.3. The third-order valence-electron chi connectivity index (χ3n) is 6.84. The van der Waals surface area contributed by atoms with E-state index in [0.717, 1.165) is 62.0 Å². The molecule has 6 nitrogen and oxygen atoms in total. The Bertz CT molecular complexity index is 1860. The van der Waals surface area contributed by atoms with Crippen molar-refractivity contribution in [2.75, 3.05) is 11.0 Å². The first-order valence-corrected chi connectivity index (χ1v) is 14.5. The number of para-hydroxylation sites is 1. The van der Waals surface area contributed by atoms with E-state index in [9.17, 15) is 12.8 Å². The average molecular weight is 540 g/mol. The quantitative estimate of drug-likeness (QED) is 0.267. The van der Waals surface area contributed by atoms with E-state index in [2.05, 4.69) is 34.9 Å². The van der Waals surface area contributed by atoms with Crippen molar-refractivity contribution >= 4 is 37.8 Å². The summed E-state index contributed by atoms with van der Waals surface area (Å²) in [5, 5.41) is 5.54. The molecule has 2 heterocycles. The van der Waals surface area contributed by atoms with Gasteiger partial charge in [-0.25, -0.2) is 17.5 Å². The Morgan fingerprint density at radius 3 is 2.56 bits per heavy atom. The largest absolute Gasteiger partial charge is 0.488 e. The highest BCUT2D eigenvalue weighted by Crippen LogP contribution is 2.43. The Morgan fingerprint density at radius 1 is 1.00 bits per heavy atom. The van der Waals surface area contributed by atoms with Crippen LogP contribution in [0.5, 0.6) is 5.75 Å². The highest BCUT2D eigenvalue weighted by molar-refractivity contribution is 7.92. The normalized spacial score (nSPS) is 14.2. The monoisotopic (exact) mass is 539 g/mol. The minimum absolute atomic E-state index is 0.298. The van der Waals surface area contributed by atoms with Crippen molar-refractivity contribution in [1.82, 2.24) is 9.78 Å². The summed E-state index contributed by atoms with van der Waals surface area (Å²) in [4.78, 5) is 0. The van der Waals surface area contributed by atoms with Crippen LogP contribution in [0.4, 0.5) is 10.1 Å². The van der Waals surface area contributed by atoms with Crippen LogP contribution in [0.2, 0.25) is 0 Å². The van der Waals surface area contributed by atoms with Gasteiger partial charge >= 0.3 is 0 Å². The molecule has 4 aromatic carbocycles. The maximum Gasteiger partial charge on any atom is 0.229 e. The third-order valence-corrected chi connectivity index (χ3v) is 7.45. The van der Waals surface area contributed by atoms with Gasteiger partial charge in [0.2, 0.25) is 10.0 Å². The smallest absolute Gasteiger partial charge is 0.229 e. The number of allylic oxidation sites excluding steroid dienone is 1. The van der Waals surface area contributed by atoms with E-state index in [4.69, 9.17) is 4.74 Å². The van der Waals surface area contributed by atoms with Gasteiger partial charge in [0, 0.05) is 16.6 Å². The topological polar surface area (TPSA) is 73.2 Å². The summed E-state index contributed by atoms with van der Waals surface area (Å²) in [5.41, 5.74) is 8.20. The molecule has 0 amide bonds. The fraction of sp³-hybridized carbons (Fsp3) is 0.129. The number of hydrogen-bond donors (Lipinski definition) is 1. The van der Waals surface area contributed by atoms with E-state index in [-0.39, 0.29) is 5.82 Å². The molecule has 0 saturated carbocycles. The number of halogens is 1. The van der Waals surface area contributed by atoms with Gasteiger partial charge in [-0.3, -0.25) is 4.72 Å². The molecule has 0 aliphatic carbocycles. The van der Waals surface area contributed by atoms with Crippen LogP contribution >= 0.6 is 0 Å². The van der Waals surface area contributed by atoms with Gasteiger partial charge in [-0.1, -0.05) is 37.3 Å². The van der Waals surface area contributed by atoms with Crippen LogP contribution in [-0.4, -0.2) is 24.5 Å². The molecule has 0 saturated heterocycles. The van der Waals surface area contributed by atoms with Crippen molar-refractivity contribution in [3.63, 3.8) is 0 Å². The van der Waals surface area contributed by atoms with Crippen LogP contribution in [0.15, 0.2) is 91.1 Å². The van der Waals surface area contributed by atoms with Crippen molar-refractivity contribution in [3.05, 3.63) is 119 Å². The molecular formula is C31H26FN3O3S. The number of anilines is 1. The lowest BCUT2D eigenvalue weighted by atomic mass is 9.86. The Balaban J connectivity index is 1.59. The van der Waals surface area contributed by atoms with Crippen LogP contribution in [0, 0.1) is 5.82 Å². The Kier molecular flexibility index (Phi) is 6.19. The molecule has 1 aliphatic heterocycles. The Morgan fingerprint density at radius 2 is 1.79 bits per heavy atom. The summed E-state index contributed by atoms with van der Waals surface area (Å²) in [7, 11) is -3.42. The van der Waals surface area contributed by atoms with Crippen LogP contribution in [0.1, 0.15) is 35.6 Å². The highest BCUT2D eigenvalue weighted by Gasteiger charge is 2.24. The molecule has 39 heavy (non-hydrogen) atoms. The van der Waals surface area contributed by atoms with Gasteiger partial charge in [-0.2, -0.15) is 5.10 Å². The number of benzene rings is 4. The van der Waals surface area contributed by atoms with Crippen molar-refractivity contribution in [1.29, 1.82) is 0 Å². The second kappa shape index (κ2) is 9.71. The van der Waals surface area contributed by atoms with Gasteiger partial charge in [0.05, 0.1) is 23.7 Å². The summed E-state index contributed by atoms with van der Waals surface area (Å²) in [5.74, 6) is 0.484. The summed E-state index contributed by atoms with van der Waals surface area (Å²) in [6.45, 7) is 2.46. The van der Waals surface area contributed by atoms with Crippen LogP contribution in [0.3, 0.4) is 0 Å². The minimum atomic E-state index is -3.42. The first-order valence-electron chi connectivity index (χ1n) is 12.6. The maximum absolute atomic E-state index is 13.6. The molecule has 1 N–H and O–H groups in total. The zero-order valence-corrected chi connectivity index (χ0v) is 22.3. The Labute approximate surface area is 226 Å². The SMILES string of the molecule is CC/C(=C1\c2cc3cnn(-c4ccc(F)cc4)c3cc2COc2ccccc21)c1cccc(NS(C)(=O)=O)c1. The third kappa shape index (κ3) is 4.79. The van der Waals surface area contributed by atoms with Gasteiger partial charge < -0.3 is 4.74 Å². The lowest BCUT2D eigenvalue weighted by Gasteiger charge is -2.18. The van der Waals surface area contributed by atoms with Crippen molar-refractivity contribution < 1.29 is 17.5 Å². The molecular weight excluding hydrogens is 513 g/mol. The van der Waals surface area contributed by atoms with E-state index < -0.39 is 10.0 Å². The van der Waals surface area contributed by atoms with Crippen molar-refractivity contribution in [2.45, 2.75) is 20.0 Å². The number of ether oxygens (including phenoxy) is 1. The number of nitrogens with zero attached hydrogens (tertiary/aromatic N) is 2. The average Bonchev–Trinajstić information content (AvgIpc) is 3.25. The van der Waals surface area contributed by atoms with E-state index in [1.165, 1.54) is 12.1 Å². The molecule has 0 spiro atoms. The summed E-state index contributed by atoms with van der Waals surface area (Å²) < 4.78 is 48.1. The number of aromatic nitrogens is 2. The molecule has 0 atom stereocenters. The van der Waals surface area contributed by atoms with Crippen molar-refractivity contribution in [2.24, 2.45) is 0 Å².